The average molecular weight is 261 g/mol. The smallest absolute Gasteiger partial charge is 0.325 e. The Kier molecular flexibility index (Phi) is 4.97. The summed E-state index contributed by atoms with van der Waals surface area (Å²) in [6.07, 6.45) is 6.40. The van der Waals surface area contributed by atoms with E-state index in [4.69, 9.17) is 0 Å². The van der Waals surface area contributed by atoms with Crippen LogP contribution >= 0.6 is 0 Å². The molecule has 0 bridgehead atoms. The van der Waals surface area contributed by atoms with Gasteiger partial charge in [-0.05, 0) is 31.4 Å². The fourth-order valence-electron chi connectivity index (χ4n) is 3.10. The van der Waals surface area contributed by atoms with Gasteiger partial charge in [0.1, 0.15) is 6.04 Å². The van der Waals surface area contributed by atoms with E-state index >= 15 is 0 Å². The minimum absolute atomic E-state index is 0.525. The van der Waals surface area contributed by atoms with Gasteiger partial charge in [-0.2, -0.15) is 0 Å². The number of rotatable bonds is 5. The Morgan fingerprint density at radius 2 is 1.89 bits per heavy atom. The zero-order valence-corrected chi connectivity index (χ0v) is 11.6. The third-order valence-corrected chi connectivity index (χ3v) is 4.06. The molecule has 3 heteroatoms. The van der Waals surface area contributed by atoms with Gasteiger partial charge in [-0.3, -0.25) is 9.69 Å². The summed E-state index contributed by atoms with van der Waals surface area (Å²) in [5, 5.41) is 9.48. The molecule has 2 rings (SSSR count). The molecule has 1 saturated carbocycles. The van der Waals surface area contributed by atoms with Crippen molar-refractivity contribution < 1.29 is 9.90 Å². The van der Waals surface area contributed by atoms with E-state index in [-0.39, 0.29) is 0 Å². The highest BCUT2D eigenvalue weighted by atomic mass is 16.4. The molecule has 1 unspecified atom stereocenters. The molecule has 1 aromatic carbocycles. The number of aliphatic carboxylic acids is 1. The van der Waals surface area contributed by atoms with Gasteiger partial charge in [-0.1, -0.05) is 49.6 Å². The second-order valence-electron chi connectivity index (χ2n) is 5.60. The van der Waals surface area contributed by atoms with Crippen molar-refractivity contribution in [1.29, 1.82) is 0 Å². The van der Waals surface area contributed by atoms with Crippen molar-refractivity contribution in [3.63, 3.8) is 0 Å². The minimum Gasteiger partial charge on any atom is -0.480 e. The van der Waals surface area contributed by atoms with Gasteiger partial charge in [-0.15, -0.1) is 0 Å². The van der Waals surface area contributed by atoms with Crippen LogP contribution < -0.4 is 0 Å². The van der Waals surface area contributed by atoms with Crippen LogP contribution in [-0.4, -0.2) is 29.6 Å². The summed E-state index contributed by atoms with van der Waals surface area (Å²) in [5.41, 5.74) is 0.869. The number of benzene rings is 1. The molecule has 0 aromatic heterocycles. The Morgan fingerprint density at radius 1 is 1.26 bits per heavy atom. The summed E-state index contributed by atoms with van der Waals surface area (Å²) in [5.74, 6) is -0.103. The average Bonchev–Trinajstić information content (AvgIpc) is 2.40. The number of carboxylic acid groups (broad SMARTS) is 1. The van der Waals surface area contributed by atoms with Crippen LogP contribution in [0.3, 0.4) is 0 Å². The van der Waals surface area contributed by atoms with E-state index in [1.807, 2.05) is 42.3 Å². The monoisotopic (exact) mass is 261 g/mol. The van der Waals surface area contributed by atoms with Crippen LogP contribution in [0, 0.1) is 5.92 Å². The Bertz CT molecular complexity index is 398. The summed E-state index contributed by atoms with van der Waals surface area (Å²) < 4.78 is 0. The van der Waals surface area contributed by atoms with E-state index in [1.54, 1.807) is 0 Å². The lowest BCUT2D eigenvalue weighted by atomic mass is 9.88. The number of hydrogen-bond acceptors (Lipinski definition) is 2. The number of likely N-dealkylation sites (N-methyl/N-ethyl adjacent to an activating group) is 1. The number of carbonyl (C=O) groups is 1. The van der Waals surface area contributed by atoms with Gasteiger partial charge >= 0.3 is 5.97 Å². The summed E-state index contributed by atoms with van der Waals surface area (Å²) in [6.45, 7) is 0.881. The second-order valence-corrected chi connectivity index (χ2v) is 5.60. The molecule has 0 spiro atoms. The lowest BCUT2D eigenvalue weighted by molar-refractivity contribution is -0.143. The highest BCUT2D eigenvalue weighted by Gasteiger charge is 2.26. The van der Waals surface area contributed by atoms with Crippen LogP contribution in [0.2, 0.25) is 0 Å². The van der Waals surface area contributed by atoms with Crippen molar-refractivity contribution in [3.05, 3.63) is 35.9 Å². The molecule has 3 nitrogen and oxygen atoms in total. The van der Waals surface area contributed by atoms with E-state index in [2.05, 4.69) is 0 Å². The molecule has 104 valence electrons. The van der Waals surface area contributed by atoms with Crippen LogP contribution in [0.4, 0.5) is 0 Å². The molecular formula is C16H23NO2. The van der Waals surface area contributed by atoms with E-state index < -0.39 is 12.0 Å². The largest absolute Gasteiger partial charge is 0.480 e. The fourth-order valence-corrected chi connectivity index (χ4v) is 3.10. The minimum atomic E-state index is -0.760. The molecule has 0 heterocycles. The Morgan fingerprint density at radius 3 is 2.47 bits per heavy atom. The van der Waals surface area contributed by atoms with Gasteiger partial charge in [-0.25, -0.2) is 0 Å². The first-order valence-corrected chi connectivity index (χ1v) is 7.16. The maximum atomic E-state index is 11.5. The number of nitrogens with zero attached hydrogens (tertiary/aromatic N) is 1. The van der Waals surface area contributed by atoms with Crippen molar-refractivity contribution in [2.45, 2.75) is 38.1 Å². The van der Waals surface area contributed by atoms with Crippen molar-refractivity contribution in [1.82, 2.24) is 4.90 Å². The first kappa shape index (κ1) is 14.1. The predicted molar refractivity (Wildman–Crippen MR) is 76.0 cm³/mol. The topological polar surface area (TPSA) is 40.5 Å². The van der Waals surface area contributed by atoms with Gasteiger partial charge in [0, 0.05) is 6.54 Å². The van der Waals surface area contributed by atoms with Crippen LogP contribution in [0.1, 0.15) is 43.7 Å². The molecule has 0 radical (unpaired) electrons. The molecule has 1 aliphatic rings. The van der Waals surface area contributed by atoms with E-state index in [0.29, 0.717) is 5.92 Å². The van der Waals surface area contributed by atoms with Gasteiger partial charge < -0.3 is 5.11 Å². The molecule has 1 aliphatic carbocycles. The summed E-state index contributed by atoms with van der Waals surface area (Å²) in [7, 11) is 1.93. The molecule has 0 aliphatic heterocycles. The highest BCUT2D eigenvalue weighted by molar-refractivity contribution is 5.75. The van der Waals surface area contributed by atoms with Crippen molar-refractivity contribution in [2.24, 2.45) is 5.92 Å². The molecule has 1 fully saturated rings. The van der Waals surface area contributed by atoms with Gasteiger partial charge in [0.15, 0.2) is 0 Å². The van der Waals surface area contributed by atoms with Gasteiger partial charge in [0.25, 0.3) is 0 Å². The molecule has 0 amide bonds. The third kappa shape index (κ3) is 3.80. The van der Waals surface area contributed by atoms with Crippen LogP contribution in [0.5, 0.6) is 0 Å². The zero-order valence-electron chi connectivity index (χ0n) is 11.6. The Hall–Kier alpha value is -1.35. The first-order valence-electron chi connectivity index (χ1n) is 7.16. The van der Waals surface area contributed by atoms with Crippen LogP contribution in [0.15, 0.2) is 30.3 Å². The van der Waals surface area contributed by atoms with Crippen molar-refractivity contribution in [2.75, 3.05) is 13.6 Å². The molecule has 0 saturated heterocycles. The number of carboxylic acids is 1. The standard InChI is InChI=1S/C16H23NO2/c1-17(12-13-8-4-2-5-9-13)15(16(18)19)14-10-6-3-7-11-14/h3,6-7,10-11,13,15H,2,4-5,8-9,12H2,1H3,(H,18,19). The zero-order chi connectivity index (χ0) is 13.7. The quantitative estimate of drug-likeness (QED) is 0.884. The molecule has 19 heavy (non-hydrogen) atoms. The maximum absolute atomic E-state index is 11.5. The van der Waals surface area contributed by atoms with Crippen LogP contribution in [-0.2, 0) is 4.79 Å². The SMILES string of the molecule is CN(CC1CCCCC1)C(C(=O)O)c1ccccc1. The maximum Gasteiger partial charge on any atom is 0.325 e. The normalized spacial score (nSPS) is 18.4. The number of hydrogen-bond donors (Lipinski definition) is 1. The van der Waals surface area contributed by atoms with Crippen molar-refractivity contribution >= 4 is 5.97 Å². The summed E-state index contributed by atoms with van der Waals surface area (Å²) >= 11 is 0. The molecular weight excluding hydrogens is 238 g/mol. The molecule has 1 aromatic rings. The van der Waals surface area contributed by atoms with Crippen LogP contribution in [0.25, 0.3) is 0 Å². The lowest BCUT2D eigenvalue weighted by Gasteiger charge is -2.30. The molecule has 1 N–H and O–H groups in total. The van der Waals surface area contributed by atoms with E-state index in [0.717, 1.165) is 12.1 Å². The third-order valence-electron chi connectivity index (χ3n) is 4.06. The molecule has 1 atom stereocenters. The first-order chi connectivity index (χ1) is 9.18. The Labute approximate surface area is 115 Å². The fraction of sp³-hybridized carbons (Fsp3) is 0.562. The predicted octanol–water partition coefficient (Wildman–Crippen LogP) is 3.32. The summed E-state index contributed by atoms with van der Waals surface area (Å²) in [4.78, 5) is 13.5. The summed E-state index contributed by atoms with van der Waals surface area (Å²) in [6, 6.07) is 9.00. The van der Waals surface area contributed by atoms with E-state index in [1.165, 1.54) is 32.1 Å². The van der Waals surface area contributed by atoms with Gasteiger partial charge in [0.2, 0.25) is 0 Å². The second kappa shape index (κ2) is 6.71. The highest BCUT2D eigenvalue weighted by Crippen LogP contribution is 2.27. The van der Waals surface area contributed by atoms with Gasteiger partial charge in [0.05, 0.1) is 0 Å². The van der Waals surface area contributed by atoms with Crippen molar-refractivity contribution in [3.8, 4) is 0 Å². The van der Waals surface area contributed by atoms with E-state index in [9.17, 15) is 9.90 Å². The Balaban J connectivity index is 2.04. The lowest BCUT2D eigenvalue weighted by Crippen LogP contribution is -2.35.